The summed E-state index contributed by atoms with van der Waals surface area (Å²) in [5, 5.41) is 0. The maximum Gasteiger partial charge on any atom is 0.330 e. The molecule has 0 saturated carbocycles. The van der Waals surface area contributed by atoms with E-state index in [-0.39, 0.29) is 5.97 Å². The van der Waals surface area contributed by atoms with Gasteiger partial charge in [0.05, 0.1) is 12.8 Å². The van der Waals surface area contributed by atoms with Gasteiger partial charge in [0.25, 0.3) is 0 Å². The summed E-state index contributed by atoms with van der Waals surface area (Å²) in [6.07, 6.45) is 1.41. The summed E-state index contributed by atoms with van der Waals surface area (Å²) in [5.41, 5.74) is 1.53. The van der Waals surface area contributed by atoms with Crippen LogP contribution in [0, 0.1) is 0 Å². The average molecular weight is 256 g/mol. The van der Waals surface area contributed by atoms with Gasteiger partial charge in [-0.1, -0.05) is 6.07 Å². The largest absolute Gasteiger partial charge is 0.466 e. The Labute approximate surface area is 90.9 Å². The monoisotopic (exact) mass is 255 g/mol. The van der Waals surface area contributed by atoms with Gasteiger partial charge in [0.15, 0.2) is 0 Å². The molecule has 0 unspecified atom stereocenters. The fourth-order valence-electron chi connectivity index (χ4n) is 0.938. The van der Waals surface area contributed by atoms with Gasteiger partial charge < -0.3 is 4.74 Å². The van der Waals surface area contributed by atoms with Crippen LogP contribution in [0.15, 0.2) is 28.9 Å². The van der Waals surface area contributed by atoms with E-state index in [0.29, 0.717) is 0 Å². The second kappa shape index (κ2) is 4.91. The molecule has 0 fully saturated rings. The van der Waals surface area contributed by atoms with Crippen molar-refractivity contribution in [3.05, 3.63) is 34.6 Å². The molecule has 1 aromatic rings. The third-order valence-corrected chi connectivity index (χ3v) is 2.10. The van der Waals surface area contributed by atoms with Crippen molar-refractivity contribution in [3.63, 3.8) is 0 Å². The predicted molar refractivity (Wildman–Crippen MR) is 57.6 cm³/mol. The van der Waals surface area contributed by atoms with Crippen molar-refractivity contribution in [2.75, 3.05) is 7.11 Å². The third kappa shape index (κ3) is 2.96. The summed E-state index contributed by atoms with van der Waals surface area (Å²) in [6, 6.07) is 5.52. The summed E-state index contributed by atoms with van der Waals surface area (Å²) in [5.74, 6) is -0.371. The standard InChI is InChI=1S/C10H10BrNO2/c1-7(6-10(13)14-2)8-4-3-5-9(11)12-8/h3-6H,1-2H3. The van der Waals surface area contributed by atoms with Gasteiger partial charge in [-0.2, -0.15) is 0 Å². The number of rotatable bonds is 2. The van der Waals surface area contributed by atoms with E-state index >= 15 is 0 Å². The van der Waals surface area contributed by atoms with E-state index in [1.54, 1.807) is 0 Å². The summed E-state index contributed by atoms with van der Waals surface area (Å²) in [4.78, 5) is 15.1. The molecule has 1 aromatic heterocycles. The fourth-order valence-corrected chi connectivity index (χ4v) is 1.28. The van der Waals surface area contributed by atoms with E-state index in [2.05, 4.69) is 25.7 Å². The van der Waals surface area contributed by atoms with Crippen molar-refractivity contribution in [2.45, 2.75) is 6.92 Å². The lowest BCUT2D eigenvalue weighted by molar-refractivity contribution is -0.134. The molecule has 0 aromatic carbocycles. The number of nitrogens with zero attached hydrogens (tertiary/aromatic N) is 1. The molecule has 0 aliphatic carbocycles. The Bertz CT molecular complexity index is 374. The minimum Gasteiger partial charge on any atom is -0.466 e. The summed E-state index contributed by atoms with van der Waals surface area (Å²) < 4.78 is 5.26. The highest BCUT2D eigenvalue weighted by molar-refractivity contribution is 9.10. The highest BCUT2D eigenvalue weighted by Crippen LogP contribution is 2.14. The van der Waals surface area contributed by atoms with Crippen LogP contribution in [-0.4, -0.2) is 18.1 Å². The molecule has 0 aliphatic rings. The number of esters is 1. The zero-order chi connectivity index (χ0) is 10.6. The van der Waals surface area contributed by atoms with Crippen molar-refractivity contribution in [1.29, 1.82) is 0 Å². The number of carbonyl (C=O) groups excluding carboxylic acids is 1. The first-order valence-electron chi connectivity index (χ1n) is 4.02. The number of hydrogen-bond acceptors (Lipinski definition) is 3. The molecular weight excluding hydrogens is 246 g/mol. The molecule has 0 spiro atoms. The Morgan fingerprint density at radius 1 is 1.57 bits per heavy atom. The molecule has 1 heterocycles. The van der Waals surface area contributed by atoms with E-state index in [9.17, 15) is 4.79 Å². The first-order valence-corrected chi connectivity index (χ1v) is 4.82. The van der Waals surface area contributed by atoms with Crippen LogP contribution >= 0.6 is 15.9 Å². The number of hydrogen-bond donors (Lipinski definition) is 0. The van der Waals surface area contributed by atoms with Gasteiger partial charge in [-0.3, -0.25) is 0 Å². The Kier molecular flexibility index (Phi) is 3.83. The molecule has 74 valence electrons. The maximum absolute atomic E-state index is 10.9. The number of carbonyl (C=O) groups is 1. The van der Waals surface area contributed by atoms with Crippen molar-refractivity contribution in [3.8, 4) is 0 Å². The minimum absolute atomic E-state index is 0.371. The SMILES string of the molecule is COC(=O)C=C(C)c1cccc(Br)n1. The quantitative estimate of drug-likeness (QED) is 0.463. The smallest absolute Gasteiger partial charge is 0.330 e. The van der Waals surface area contributed by atoms with Crippen molar-refractivity contribution in [2.24, 2.45) is 0 Å². The first-order chi connectivity index (χ1) is 6.63. The van der Waals surface area contributed by atoms with Crippen LogP contribution in [-0.2, 0) is 9.53 Å². The van der Waals surface area contributed by atoms with Crippen LogP contribution in [0.1, 0.15) is 12.6 Å². The number of methoxy groups -OCH3 is 1. The molecule has 0 bridgehead atoms. The topological polar surface area (TPSA) is 39.2 Å². The molecule has 0 aliphatic heterocycles. The molecule has 0 atom stereocenters. The fraction of sp³-hybridized carbons (Fsp3) is 0.200. The molecule has 0 N–H and O–H groups in total. The molecule has 4 heteroatoms. The van der Waals surface area contributed by atoms with Gasteiger partial charge in [-0.05, 0) is 40.6 Å². The van der Waals surface area contributed by atoms with Crippen LogP contribution < -0.4 is 0 Å². The van der Waals surface area contributed by atoms with E-state index < -0.39 is 0 Å². The van der Waals surface area contributed by atoms with Crippen LogP contribution in [0.3, 0.4) is 0 Å². The molecule has 1 rings (SSSR count). The third-order valence-electron chi connectivity index (χ3n) is 1.65. The summed E-state index contributed by atoms with van der Waals surface area (Å²) in [6.45, 7) is 1.81. The van der Waals surface area contributed by atoms with Crippen molar-refractivity contribution < 1.29 is 9.53 Å². The van der Waals surface area contributed by atoms with E-state index in [1.807, 2.05) is 25.1 Å². The lowest BCUT2D eigenvalue weighted by Gasteiger charge is -2.00. The first kappa shape index (κ1) is 10.9. The van der Waals surface area contributed by atoms with Gasteiger partial charge >= 0.3 is 5.97 Å². The second-order valence-electron chi connectivity index (χ2n) is 2.70. The van der Waals surface area contributed by atoms with Crippen LogP contribution in [0.25, 0.3) is 5.57 Å². The number of ether oxygens (including phenoxy) is 1. The Balaban J connectivity index is 2.94. The minimum atomic E-state index is -0.371. The maximum atomic E-state index is 10.9. The van der Waals surface area contributed by atoms with E-state index in [0.717, 1.165) is 15.9 Å². The molecule has 14 heavy (non-hydrogen) atoms. The van der Waals surface area contributed by atoms with Crippen molar-refractivity contribution >= 4 is 27.5 Å². The molecule has 3 nitrogen and oxygen atoms in total. The lowest BCUT2D eigenvalue weighted by atomic mass is 10.2. The lowest BCUT2D eigenvalue weighted by Crippen LogP contribution is -1.96. The molecule has 0 saturated heterocycles. The highest BCUT2D eigenvalue weighted by Gasteiger charge is 2.01. The Morgan fingerprint density at radius 2 is 2.29 bits per heavy atom. The number of halogens is 1. The van der Waals surface area contributed by atoms with Crippen LogP contribution in [0.2, 0.25) is 0 Å². The molecule has 0 radical (unpaired) electrons. The zero-order valence-electron chi connectivity index (χ0n) is 7.95. The van der Waals surface area contributed by atoms with E-state index in [1.165, 1.54) is 13.2 Å². The predicted octanol–water partition coefficient (Wildman–Crippen LogP) is 2.42. The normalized spacial score (nSPS) is 11.2. The molecular formula is C10H10BrNO2. The summed E-state index contributed by atoms with van der Waals surface area (Å²) >= 11 is 3.26. The molecule has 0 amide bonds. The van der Waals surface area contributed by atoms with Gasteiger partial charge in [-0.25, -0.2) is 9.78 Å². The van der Waals surface area contributed by atoms with Crippen LogP contribution in [0.4, 0.5) is 0 Å². The Morgan fingerprint density at radius 3 is 2.86 bits per heavy atom. The summed E-state index contributed by atoms with van der Waals surface area (Å²) in [7, 11) is 1.35. The van der Waals surface area contributed by atoms with Gasteiger partial charge in [0, 0.05) is 6.08 Å². The number of allylic oxidation sites excluding steroid dienone is 1. The number of pyridine rings is 1. The van der Waals surface area contributed by atoms with Crippen LogP contribution in [0.5, 0.6) is 0 Å². The highest BCUT2D eigenvalue weighted by atomic mass is 79.9. The zero-order valence-corrected chi connectivity index (χ0v) is 9.54. The number of aromatic nitrogens is 1. The van der Waals surface area contributed by atoms with Gasteiger partial charge in [0.1, 0.15) is 4.60 Å². The second-order valence-corrected chi connectivity index (χ2v) is 3.51. The van der Waals surface area contributed by atoms with Gasteiger partial charge in [0.2, 0.25) is 0 Å². The van der Waals surface area contributed by atoms with Gasteiger partial charge in [-0.15, -0.1) is 0 Å². The van der Waals surface area contributed by atoms with E-state index in [4.69, 9.17) is 0 Å². The van der Waals surface area contributed by atoms with Crippen molar-refractivity contribution in [1.82, 2.24) is 4.98 Å². The Hall–Kier alpha value is -1.16. The average Bonchev–Trinajstić information content (AvgIpc) is 2.17.